The molecule has 0 bridgehead atoms. The monoisotopic (exact) mass is 277 g/mol. The lowest BCUT2D eigenvalue weighted by molar-refractivity contribution is -0.0500. The third-order valence-corrected chi connectivity index (χ3v) is 2.26. The third kappa shape index (κ3) is 3.58. The molecule has 0 saturated heterocycles. The summed E-state index contributed by atoms with van der Waals surface area (Å²) in [5, 5.41) is 11.7. The van der Waals surface area contributed by atoms with Crippen LogP contribution in [0.2, 0.25) is 0 Å². The molecule has 0 unspecified atom stereocenters. The van der Waals surface area contributed by atoms with E-state index in [0.717, 1.165) is 0 Å². The molecule has 0 radical (unpaired) electrons. The van der Waals surface area contributed by atoms with Crippen molar-refractivity contribution in [1.82, 2.24) is 15.0 Å². The number of ether oxygens (including phenoxy) is 1. The van der Waals surface area contributed by atoms with E-state index in [9.17, 15) is 8.78 Å². The molecule has 0 aliphatic heterocycles. The van der Waals surface area contributed by atoms with E-state index in [2.05, 4.69) is 25.0 Å². The van der Waals surface area contributed by atoms with E-state index in [-0.39, 0.29) is 18.0 Å². The second-order valence-corrected chi connectivity index (χ2v) is 3.58. The van der Waals surface area contributed by atoms with Crippen molar-refractivity contribution in [3.05, 3.63) is 42.1 Å². The smallest absolute Gasteiger partial charge is 0.387 e. The van der Waals surface area contributed by atoms with Gasteiger partial charge in [0.15, 0.2) is 11.5 Å². The van der Waals surface area contributed by atoms with Gasteiger partial charge in [-0.05, 0) is 12.1 Å². The van der Waals surface area contributed by atoms with Crippen LogP contribution in [0.3, 0.4) is 0 Å². The molecule has 0 aliphatic rings. The highest BCUT2D eigenvalue weighted by molar-refractivity contribution is 5.46. The molecule has 0 aliphatic carbocycles. The number of hydrogen-bond acceptors (Lipinski definition) is 6. The van der Waals surface area contributed by atoms with E-state index < -0.39 is 6.61 Å². The van der Waals surface area contributed by atoms with Gasteiger partial charge in [-0.3, -0.25) is 4.98 Å². The molecule has 2 aromatic heterocycles. The predicted octanol–water partition coefficient (Wildman–Crippen LogP) is 1.96. The zero-order valence-electron chi connectivity index (χ0n) is 10.1. The number of hydrogen-bond donors (Lipinski definition) is 1. The average Bonchev–Trinajstić information content (AvgIpc) is 2.46. The molecule has 0 amide bonds. The summed E-state index contributed by atoms with van der Waals surface area (Å²) >= 11 is 0. The Morgan fingerprint density at radius 2 is 2.05 bits per heavy atom. The van der Waals surface area contributed by atoms with Gasteiger partial charge in [0.1, 0.15) is 11.8 Å². The minimum absolute atomic E-state index is 0.0130. The summed E-state index contributed by atoms with van der Waals surface area (Å²) in [4.78, 5) is 11.8. The number of anilines is 1. The minimum Gasteiger partial charge on any atom is -0.433 e. The summed E-state index contributed by atoms with van der Waals surface area (Å²) in [5.74, 6) is 0.325. The van der Waals surface area contributed by atoms with Crippen LogP contribution in [0, 0.1) is 11.3 Å². The van der Waals surface area contributed by atoms with Crippen LogP contribution < -0.4 is 10.1 Å². The van der Waals surface area contributed by atoms with Crippen LogP contribution >= 0.6 is 0 Å². The van der Waals surface area contributed by atoms with E-state index >= 15 is 0 Å². The topological polar surface area (TPSA) is 83.7 Å². The molecule has 2 aromatic rings. The summed E-state index contributed by atoms with van der Waals surface area (Å²) in [6, 6.07) is 4.82. The van der Waals surface area contributed by atoms with Gasteiger partial charge in [-0.25, -0.2) is 9.97 Å². The van der Waals surface area contributed by atoms with Gasteiger partial charge in [-0.15, -0.1) is 0 Å². The third-order valence-electron chi connectivity index (χ3n) is 2.26. The molecular formula is C12H9F2N5O. The lowest BCUT2D eigenvalue weighted by atomic mass is 10.3. The SMILES string of the molecule is N#Cc1nccnc1NCc1ccc(OC(F)F)cn1. The van der Waals surface area contributed by atoms with Crippen molar-refractivity contribution in [3.63, 3.8) is 0 Å². The van der Waals surface area contributed by atoms with Gasteiger partial charge in [0.05, 0.1) is 18.4 Å². The van der Waals surface area contributed by atoms with E-state index in [4.69, 9.17) is 5.26 Å². The zero-order chi connectivity index (χ0) is 14.4. The Kier molecular flexibility index (Phi) is 4.34. The summed E-state index contributed by atoms with van der Waals surface area (Å²) < 4.78 is 28.1. The second-order valence-electron chi connectivity index (χ2n) is 3.58. The van der Waals surface area contributed by atoms with E-state index in [1.165, 1.54) is 30.7 Å². The molecule has 102 valence electrons. The number of pyridine rings is 1. The molecule has 0 fully saturated rings. The van der Waals surface area contributed by atoms with Gasteiger partial charge in [0, 0.05) is 12.4 Å². The molecular weight excluding hydrogens is 268 g/mol. The van der Waals surface area contributed by atoms with Crippen LogP contribution in [0.1, 0.15) is 11.4 Å². The molecule has 2 heterocycles. The highest BCUT2D eigenvalue weighted by atomic mass is 19.3. The molecule has 1 N–H and O–H groups in total. The zero-order valence-corrected chi connectivity index (χ0v) is 10.1. The van der Waals surface area contributed by atoms with Crippen molar-refractivity contribution in [3.8, 4) is 11.8 Å². The Balaban J connectivity index is 1.99. The first kappa shape index (κ1) is 13.6. The number of alkyl halides is 2. The maximum absolute atomic E-state index is 12.0. The van der Waals surface area contributed by atoms with Gasteiger partial charge in [-0.1, -0.05) is 0 Å². The van der Waals surface area contributed by atoms with E-state index in [1.54, 1.807) is 0 Å². The Morgan fingerprint density at radius 3 is 2.70 bits per heavy atom. The van der Waals surface area contributed by atoms with Crippen LogP contribution in [0.25, 0.3) is 0 Å². The van der Waals surface area contributed by atoms with Crippen LogP contribution in [0.15, 0.2) is 30.7 Å². The number of halogens is 2. The van der Waals surface area contributed by atoms with Gasteiger partial charge in [0.25, 0.3) is 0 Å². The van der Waals surface area contributed by atoms with Gasteiger partial charge < -0.3 is 10.1 Å². The molecule has 0 aromatic carbocycles. The Bertz CT molecular complexity index is 612. The average molecular weight is 277 g/mol. The number of aromatic nitrogens is 3. The van der Waals surface area contributed by atoms with Gasteiger partial charge in [0.2, 0.25) is 0 Å². The largest absolute Gasteiger partial charge is 0.433 e. The van der Waals surface area contributed by atoms with Gasteiger partial charge in [-0.2, -0.15) is 14.0 Å². The molecule has 8 heteroatoms. The summed E-state index contributed by atoms with van der Waals surface area (Å²) in [6.45, 7) is -2.60. The standard InChI is InChI=1S/C12H9F2N5O/c13-12(14)20-9-2-1-8(18-7-9)6-19-11-10(5-15)16-3-4-17-11/h1-4,7,12H,6H2,(H,17,19). The minimum atomic E-state index is -2.88. The first-order chi connectivity index (χ1) is 9.69. The fourth-order valence-electron chi connectivity index (χ4n) is 1.41. The molecule has 0 atom stereocenters. The summed E-state index contributed by atoms with van der Waals surface area (Å²) in [7, 11) is 0. The van der Waals surface area contributed by atoms with Crippen LogP contribution in [0.5, 0.6) is 5.75 Å². The molecule has 6 nitrogen and oxygen atoms in total. The van der Waals surface area contributed by atoms with Crippen molar-refractivity contribution in [2.45, 2.75) is 13.2 Å². The van der Waals surface area contributed by atoms with Crippen molar-refractivity contribution in [1.29, 1.82) is 5.26 Å². The highest BCUT2D eigenvalue weighted by Gasteiger charge is 2.06. The predicted molar refractivity (Wildman–Crippen MR) is 64.9 cm³/mol. The Labute approximate surface area is 113 Å². The molecule has 2 rings (SSSR count). The van der Waals surface area contributed by atoms with E-state index in [1.807, 2.05) is 6.07 Å². The van der Waals surface area contributed by atoms with Crippen LogP contribution in [0.4, 0.5) is 14.6 Å². The van der Waals surface area contributed by atoms with Crippen molar-refractivity contribution < 1.29 is 13.5 Å². The molecule has 0 saturated carbocycles. The maximum Gasteiger partial charge on any atom is 0.387 e. The lowest BCUT2D eigenvalue weighted by Crippen LogP contribution is -2.06. The quantitative estimate of drug-likeness (QED) is 0.899. The highest BCUT2D eigenvalue weighted by Crippen LogP contribution is 2.13. The Morgan fingerprint density at radius 1 is 1.25 bits per heavy atom. The first-order valence-corrected chi connectivity index (χ1v) is 5.54. The van der Waals surface area contributed by atoms with Crippen LogP contribution in [-0.4, -0.2) is 21.6 Å². The number of nitriles is 1. The van der Waals surface area contributed by atoms with Crippen molar-refractivity contribution in [2.24, 2.45) is 0 Å². The van der Waals surface area contributed by atoms with Crippen LogP contribution in [-0.2, 0) is 6.54 Å². The fraction of sp³-hybridized carbons (Fsp3) is 0.167. The first-order valence-electron chi connectivity index (χ1n) is 5.54. The summed E-state index contributed by atoms with van der Waals surface area (Å²) in [5.41, 5.74) is 0.756. The Hall–Kier alpha value is -2.82. The van der Waals surface area contributed by atoms with Gasteiger partial charge >= 0.3 is 6.61 Å². The second kappa shape index (κ2) is 6.38. The van der Waals surface area contributed by atoms with Crippen molar-refractivity contribution >= 4 is 5.82 Å². The van der Waals surface area contributed by atoms with E-state index in [0.29, 0.717) is 11.5 Å². The normalized spacial score (nSPS) is 10.1. The van der Waals surface area contributed by atoms with Crippen molar-refractivity contribution in [2.75, 3.05) is 5.32 Å². The number of nitrogens with zero attached hydrogens (tertiary/aromatic N) is 4. The lowest BCUT2D eigenvalue weighted by Gasteiger charge is -2.07. The fourth-order valence-corrected chi connectivity index (χ4v) is 1.41. The number of rotatable bonds is 5. The number of nitrogens with one attached hydrogen (secondary N) is 1. The molecule has 20 heavy (non-hydrogen) atoms. The maximum atomic E-state index is 12.0. The summed E-state index contributed by atoms with van der Waals surface area (Å²) in [6.07, 6.45) is 4.07. The molecule has 0 spiro atoms.